The second kappa shape index (κ2) is 7.84. The second-order valence-corrected chi connectivity index (χ2v) is 5.56. The number of amides is 4. The summed E-state index contributed by atoms with van der Waals surface area (Å²) in [6, 6.07) is 1.68. The number of hydrogen-bond acceptors (Lipinski definition) is 3. The van der Waals surface area contributed by atoms with Crippen molar-refractivity contribution < 1.29 is 19.5 Å². The molecule has 1 rings (SSSR count). The third-order valence-corrected chi connectivity index (χ3v) is 3.32. The van der Waals surface area contributed by atoms with Gasteiger partial charge < -0.3 is 26.8 Å². The van der Waals surface area contributed by atoms with Gasteiger partial charge in [-0.15, -0.1) is 0 Å². The predicted molar refractivity (Wildman–Crippen MR) is 83.4 cm³/mol. The van der Waals surface area contributed by atoms with Gasteiger partial charge in [-0.25, -0.2) is 14.4 Å². The number of nitrogens with one attached hydrogen (secondary N) is 3. The Balaban J connectivity index is 2.72. The van der Waals surface area contributed by atoms with Gasteiger partial charge in [0, 0.05) is 22.0 Å². The van der Waals surface area contributed by atoms with Gasteiger partial charge >= 0.3 is 18.0 Å². The van der Waals surface area contributed by atoms with Crippen molar-refractivity contribution in [3.8, 4) is 0 Å². The Morgan fingerprint density at radius 2 is 1.76 bits per heavy atom. The van der Waals surface area contributed by atoms with Crippen molar-refractivity contribution in [3.05, 3.63) is 26.6 Å². The first-order chi connectivity index (χ1) is 9.81. The number of carbonyl (C=O) groups is 3. The Bertz CT molecular complexity index is 580. The number of carboxylic acid groups (broad SMARTS) is 1. The summed E-state index contributed by atoms with van der Waals surface area (Å²) in [6.07, 6.45) is 0. The Hall–Kier alpha value is -1.81. The molecule has 0 spiro atoms. The molecule has 0 aliphatic heterocycles. The van der Waals surface area contributed by atoms with Crippen molar-refractivity contribution in [2.45, 2.75) is 0 Å². The first kappa shape index (κ1) is 17.2. The Kier molecular flexibility index (Phi) is 6.43. The minimum atomic E-state index is -1.18. The van der Waals surface area contributed by atoms with Crippen LogP contribution >= 0.6 is 31.9 Å². The van der Waals surface area contributed by atoms with Crippen LogP contribution < -0.4 is 21.7 Å². The highest BCUT2D eigenvalue weighted by Crippen LogP contribution is 2.30. The fourth-order valence-electron chi connectivity index (χ4n) is 1.39. The number of aromatic carboxylic acids is 1. The van der Waals surface area contributed by atoms with Crippen LogP contribution in [0.25, 0.3) is 0 Å². The Morgan fingerprint density at radius 1 is 1.14 bits per heavy atom. The van der Waals surface area contributed by atoms with Gasteiger partial charge in [0.05, 0.1) is 11.3 Å². The summed E-state index contributed by atoms with van der Waals surface area (Å²) >= 11 is 6.36. The van der Waals surface area contributed by atoms with Crippen molar-refractivity contribution in [3.63, 3.8) is 0 Å². The molecule has 0 radical (unpaired) electrons. The molecule has 0 fully saturated rings. The zero-order valence-corrected chi connectivity index (χ0v) is 13.7. The van der Waals surface area contributed by atoms with E-state index in [0.29, 0.717) is 8.95 Å². The van der Waals surface area contributed by atoms with Gasteiger partial charge in [-0.2, -0.15) is 0 Å². The molecule has 21 heavy (non-hydrogen) atoms. The summed E-state index contributed by atoms with van der Waals surface area (Å²) in [5.41, 5.74) is 4.93. The van der Waals surface area contributed by atoms with Crippen molar-refractivity contribution in [1.82, 2.24) is 10.6 Å². The first-order valence-corrected chi connectivity index (χ1v) is 7.20. The van der Waals surface area contributed by atoms with Crippen LogP contribution in [-0.2, 0) is 0 Å². The summed E-state index contributed by atoms with van der Waals surface area (Å²) in [4.78, 5) is 33.3. The van der Waals surface area contributed by atoms with E-state index in [2.05, 4.69) is 47.8 Å². The summed E-state index contributed by atoms with van der Waals surface area (Å²) in [5.74, 6) is -1.18. The maximum atomic E-state index is 11.7. The Morgan fingerprint density at radius 3 is 2.33 bits per heavy atom. The monoisotopic (exact) mass is 422 g/mol. The van der Waals surface area contributed by atoms with E-state index in [1.54, 1.807) is 6.07 Å². The number of carbonyl (C=O) groups excluding carboxylic acids is 2. The number of anilines is 1. The molecule has 8 nitrogen and oxygen atoms in total. The van der Waals surface area contributed by atoms with E-state index >= 15 is 0 Å². The molecule has 10 heteroatoms. The average molecular weight is 424 g/mol. The van der Waals surface area contributed by atoms with E-state index in [1.165, 1.54) is 6.07 Å². The highest BCUT2D eigenvalue weighted by Gasteiger charge is 2.16. The average Bonchev–Trinajstić information content (AvgIpc) is 2.37. The number of nitrogens with two attached hydrogens (primary N) is 1. The molecular weight excluding hydrogens is 412 g/mol. The number of benzene rings is 1. The lowest BCUT2D eigenvalue weighted by molar-refractivity contribution is 0.0698. The standard InChI is InChI=1S/C11H12Br2N4O4/c12-5-3-6(9(18)19)8(7(13)4-5)17-11(21)16-2-1-15-10(14)20/h3-4H,1-2H2,(H,18,19)(H3,14,15,20)(H2,16,17,21). The highest BCUT2D eigenvalue weighted by molar-refractivity contribution is 9.11. The van der Waals surface area contributed by atoms with Crippen LogP contribution in [-0.4, -0.2) is 36.2 Å². The van der Waals surface area contributed by atoms with E-state index < -0.39 is 18.0 Å². The molecule has 0 unspecified atom stereocenters. The molecule has 0 bridgehead atoms. The third-order valence-electron chi connectivity index (χ3n) is 2.23. The molecule has 0 aliphatic carbocycles. The van der Waals surface area contributed by atoms with Crippen molar-refractivity contribution >= 4 is 55.6 Å². The number of halogens is 2. The molecule has 0 atom stereocenters. The van der Waals surface area contributed by atoms with Crippen LogP contribution in [0.3, 0.4) is 0 Å². The second-order valence-electron chi connectivity index (χ2n) is 3.79. The summed E-state index contributed by atoms with van der Waals surface area (Å²) in [7, 11) is 0. The van der Waals surface area contributed by atoms with Crippen LogP contribution in [0.1, 0.15) is 10.4 Å². The molecular formula is C11H12Br2N4O4. The van der Waals surface area contributed by atoms with Gasteiger partial charge in [-0.1, -0.05) is 15.9 Å². The van der Waals surface area contributed by atoms with Gasteiger partial charge in [-0.3, -0.25) is 0 Å². The van der Waals surface area contributed by atoms with Crippen LogP contribution in [0, 0.1) is 0 Å². The summed E-state index contributed by atoms with van der Waals surface area (Å²) in [6.45, 7) is 0.307. The molecule has 1 aromatic rings. The van der Waals surface area contributed by atoms with Crippen LogP contribution in [0.2, 0.25) is 0 Å². The molecule has 0 saturated heterocycles. The number of primary amides is 1. The predicted octanol–water partition coefficient (Wildman–Crippen LogP) is 1.70. The van der Waals surface area contributed by atoms with Crippen LogP contribution in [0.5, 0.6) is 0 Å². The fraction of sp³-hybridized carbons (Fsp3) is 0.182. The van der Waals surface area contributed by atoms with E-state index in [4.69, 9.17) is 10.8 Å². The van der Waals surface area contributed by atoms with Crippen molar-refractivity contribution in [2.24, 2.45) is 5.73 Å². The molecule has 114 valence electrons. The maximum absolute atomic E-state index is 11.7. The molecule has 0 saturated carbocycles. The zero-order chi connectivity index (χ0) is 16.0. The minimum Gasteiger partial charge on any atom is -0.478 e. The van der Waals surface area contributed by atoms with Crippen LogP contribution in [0.15, 0.2) is 21.1 Å². The van der Waals surface area contributed by atoms with Gasteiger partial charge in [0.15, 0.2) is 0 Å². The van der Waals surface area contributed by atoms with Crippen molar-refractivity contribution in [2.75, 3.05) is 18.4 Å². The Labute approximate surface area is 136 Å². The van der Waals surface area contributed by atoms with Gasteiger partial charge in [0.2, 0.25) is 0 Å². The maximum Gasteiger partial charge on any atom is 0.337 e. The van der Waals surface area contributed by atoms with Crippen LogP contribution in [0.4, 0.5) is 15.3 Å². The number of rotatable bonds is 5. The zero-order valence-electron chi connectivity index (χ0n) is 10.6. The number of urea groups is 2. The highest BCUT2D eigenvalue weighted by atomic mass is 79.9. The van der Waals surface area contributed by atoms with Gasteiger partial charge in [0.1, 0.15) is 0 Å². The minimum absolute atomic E-state index is 0.0679. The molecule has 0 aromatic heterocycles. The fourth-order valence-corrected chi connectivity index (χ4v) is 2.71. The molecule has 4 amide bonds. The van der Waals surface area contributed by atoms with E-state index in [-0.39, 0.29) is 24.3 Å². The molecule has 0 aliphatic rings. The molecule has 6 N–H and O–H groups in total. The SMILES string of the molecule is NC(=O)NCCNC(=O)Nc1c(Br)cc(Br)cc1C(=O)O. The van der Waals surface area contributed by atoms with E-state index in [9.17, 15) is 14.4 Å². The third kappa shape index (κ3) is 5.60. The van der Waals surface area contributed by atoms with E-state index in [1.807, 2.05) is 0 Å². The smallest absolute Gasteiger partial charge is 0.337 e. The van der Waals surface area contributed by atoms with Gasteiger partial charge in [-0.05, 0) is 28.1 Å². The molecule has 1 aromatic carbocycles. The number of hydrogen-bond donors (Lipinski definition) is 5. The van der Waals surface area contributed by atoms with E-state index in [0.717, 1.165) is 0 Å². The normalized spacial score (nSPS) is 9.81. The van der Waals surface area contributed by atoms with Crippen molar-refractivity contribution in [1.29, 1.82) is 0 Å². The summed E-state index contributed by atoms with van der Waals surface area (Å²) in [5, 5.41) is 16.3. The lowest BCUT2D eigenvalue weighted by Crippen LogP contribution is -2.38. The largest absolute Gasteiger partial charge is 0.478 e. The quantitative estimate of drug-likeness (QED) is 0.460. The lowest BCUT2D eigenvalue weighted by atomic mass is 10.2. The first-order valence-electron chi connectivity index (χ1n) is 5.61. The molecule has 0 heterocycles. The lowest BCUT2D eigenvalue weighted by Gasteiger charge is -2.12. The summed E-state index contributed by atoms with van der Waals surface area (Å²) < 4.78 is 0.975. The number of carboxylic acids is 1. The van der Waals surface area contributed by atoms with Gasteiger partial charge in [0.25, 0.3) is 0 Å². The topological polar surface area (TPSA) is 134 Å².